The average molecular weight is 258 g/mol. The van der Waals surface area contributed by atoms with Crippen LogP contribution >= 0.6 is 0 Å². The molecule has 0 N–H and O–H groups in total. The second kappa shape index (κ2) is 6.05. The maximum atomic E-state index is 12.3. The van der Waals surface area contributed by atoms with Crippen LogP contribution in [0.4, 0.5) is 0 Å². The molecule has 1 aromatic carbocycles. The number of hydrogen-bond donors (Lipinski definition) is 0. The molecule has 2 heteroatoms. The molecule has 102 valence electrons. The van der Waals surface area contributed by atoms with Gasteiger partial charge in [0, 0.05) is 0 Å². The van der Waals surface area contributed by atoms with Crippen LogP contribution < -0.4 is 0 Å². The highest BCUT2D eigenvalue weighted by molar-refractivity contribution is 5.82. The van der Waals surface area contributed by atoms with Crippen LogP contribution in [0.3, 0.4) is 0 Å². The van der Waals surface area contributed by atoms with Crippen molar-refractivity contribution in [3.8, 4) is 0 Å². The van der Waals surface area contributed by atoms with E-state index in [4.69, 9.17) is 4.74 Å². The third kappa shape index (κ3) is 3.46. The fourth-order valence-electron chi connectivity index (χ4n) is 2.35. The number of allylic oxidation sites excluding steroid dienone is 2. The second-order valence-electron chi connectivity index (χ2n) is 5.74. The zero-order chi connectivity index (χ0) is 13.7. The van der Waals surface area contributed by atoms with E-state index in [-0.39, 0.29) is 5.97 Å². The lowest BCUT2D eigenvalue weighted by atomic mass is 9.85. The molecule has 2 rings (SSSR count). The molecule has 0 saturated heterocycles. The van der Waals surface area contributed by atoms with Gasteiger partial charge < -0.3 is 4.74 Å². The Kier molecular flexibility index (Phi) is 4.41. The summed E-state index contributed by atoms with van der Waals surface area (Å²) in [4.78, 5) is 12.3. The molecule has 0 heterocycles. The summed E-state index contributed by atoms with van der Waals surface area (Å²) in [5.41, 5.74) is 0.426. The number of rotatable bonds is 4. The van der Waals surface area contributed by atoms with Crippen molar-refractivity contribution >= 4 is 5.97 Å². The monoisotopic (exact) mass is 258 g/mol. The molecule has 0 radical (unpaired) electrons. The van der Waals surface area contributed by atoms with Gasteiger partial charge in [-0.3, -0.25) is 4.79 Å². The minimum atomic E-state index is -0.578. The van der Waals surface area contributed by atoms with Crippen molar-refractivity contribution in [1.82, 2.24) is 0 Å². The van der Waals surface area contributed by atoms with Gasteiger partial charge in [-0.1, -0.05) is 42.5 Å². The number of ether oxygens (including phenoxy) is 1. The average Bonchev–Trinajstić information content (AvgIpc) is 2.46. The highest BCUT2D eigenvalue weighted by atomic mass is 16.5. The van der Waals surface area contributed by atoms with Crippen LogP contribution in [-0.2, 0) is 14.9 Å². The summed E-state index contributed by atoms with van der Waals surface area (Å²) in [5, 5.41) is 0. The van der Waals surface area contributed by atoms with Crippen LogP contribution in [0.15, 0.2) is 42.5 Å². The first kappa shape index (κ1) is 13.9. The standard InChI is InChI=1S/C17H22O2/c1-17(2,15-11-7-4-8-12-15)16(18)19-13-14-9-5-3-6-10-14/h3-5,7-8,11-12,14H,6,9-10,13H2,1-2H3. The van der Waals surface area contributed by atoms with Crippen molar-refractivity contribution in [1.29, 1.82) is 0 Å². The molecule has 19 heavy (non-hydrogen) atoms. The first-order valence-electron chi connectivity index (χ1n) is 6.98. The molecule has 0 aliphatic heterocycles. The summed E-state index contributed by atoms with van der Waals surface area (Å²) in [7, 11) is 0. The SMILES string of the molecule is CC(C)(C(=O)OCC1CC=CCC1)c1ccccc1. The third-order valence-electron chi connectivity index (χ3n) is 3.83. The number of carbonyl (C=O) groups is 1. The highest BCUT2D eigenvalue weighted by Gasteiger charge is 2.31. The van der Waals surface area contributed by atoms with E-state index in [1.54, 1.807) is 0 Å². The Labute approximate surface area is 115 Å². The summed E-state index contributed by atoms with van der Waals surface area (Å²) in [6.07, 6.45) is 7.63. The molecule has 0 saturated carbocycles. The van der Waals surface area contributed by atoms with E-state index in [1.165, 1.54) is 0 Å². The molecule has 1 atom stereocenters. The van der Waals surface area contributed by atoms with Crippen molar-refractivity contribution in [3.63, 3.8) is 0 Å². The summed E-state index contributed by atoms with van der Waals surface area (Å²) in [6.45, 7) is 4.39. The molecule has 1 unspecified atom stereocenters. The second-order valence-corrected chi connectivity index (χ2v) is 5.74. The van der Waals surface area contributed by atoms with Crippen LogP contribution in [0.1, 0.15) is 38.7 Å². The smallest absolute Gasteiger partial charge is 0.315 e. The predicted octanol–water partition coefficient (Wildman–Crippen LogP) is 3.86. The molecule has 1 aliphatic carbocycles. The van der Waals surface area contributed by atoms with Gasteiger partial charge >= 0.3 is 5.97 Å². The Morgan fingerprint density at radius 1 is 1.26 bits per heavy atom. The van der Waals surface area contributed by atoms with Crippen LogP contribution in [0.2, 0.25) is 0 Å². The molecule has 1 aliphatic rings. The number of hydrogen-bond acceptors (Lipinski definition) is 2. The van der Waals surface area contributed by atoms with Crippen molar-refractivity contribution < 1.29 is 9.53 Å². The van der Waals surface area contributed by atoms with Crippen LogP contribution in [0.25, 0.3) is 0 Å². The third-order valence-corrected chi connectivity index (χ3v) is 3.83. The van der Waals surface area contributed by atoms with Gasteiger partial charge in [-0.15, -0.1) is 0 Å². The van der Waals surface area contributed by atoms with E-state index >= 15 is 0 Å². The number of benzene rings is 1. The Hall–Kier alpha value is -1.57. The molecule has 0 bridgehead atoms. The maximum Gasteiger partial charge on any atom is 0.315 e. The van der Waals surface area contributed by atoms with Gasteiger partial charge in [0.15, 0.2) is 0 Å². The molecule has 0 spiro atoms. The topological polar surface area (TPSA) is 26.3 Å². The van der Waals surface area contributed by atoms with E-state index in [9.17, 15) is 4.79 Å². The lowest BCUT2D eigenvalue weighted by Crippen LogP contribution is -2.32. The minimum Gasteiger partial charge on any atom is -0.465 e. The van der Waals surface area contributed by atoms with Crippen molar-refractivity contribution in [2.75, 3.05) is 6.61 Å². The van der Waals surface area contributed by atoms with Gasteiger partial charge in [-0.2, -0.15) is 0 Å². The minimum absolute atomic E-state index is 0.131. The summed E-state index contributed by atoms with van der Waals surface area (Å²) in [5.74, 6) is 0.355. The summed E-state index contributed by atoms with van der Waals surface area (Å²) in [6, 6.07) is 9.82. The molecule has 0 fully saturated rings. The molecular weight excluding hydrogens is 236 g/mol. The van der Waals surface area contributed by atoms with Crippen LogP contribution in [0, 0.1) is 5.92 Å². The largest absolute Gasteiger partial charge is 0.465 e. The summed E-state index contributed by atoms with van der Waals surface area (Å²) >= 11 is 0. The molecular formula is C17H22O2. The first-order chi connectivity index (χ1) is 9.10. The molecule has 0 aromatic heterocycles. The lowest BCUT2D eigenvalue weighted by molar-refractivity contribution is -0.150. The molecule has 0 amide bonds. The Morgan fingerprint density at radius 2 is 2.00 bits per heavy atom. The quantitative estimate of drug-likeness (QED) is 0.605. The van der Waals surface area contributed by atoms with Crippen LogP contribution in [0.5, 0.6) is 0 Å². The zero-order valence-corrected chi connectivity index (χ0v) is 11.8. The maximum absolute atomic E-state index is 12.3. The fourth-order valence-corrected chi connectivity index (χ4v) is 2.35. The predicted molar refractivity (Wildman–Crippen MR) is 76.9 cm³/mol. The molecule has 1 aromatic rings. The van der Waals surface area contributed by atoms with E-state index in [1.807, 2.05) is 44.2 Å². The number of carbonyl (C=O) groups excluding carboxylic acids is 1. The molecule has 2 nitrogen and oxygen atoms in total. The van der Waals surface area contributed by atoms with Gasteiger partial charge in [0.1, 0.15) is 0 Å². The summed E-state index contributed by atoms with van der Waals surface area (Å²) < 4.78 is 5.53. The van der Waals surface area contributed by atoms with Crippen LogP contribution in [-0.4, -0.2) is 12.6 Å². The van der Waals surface area contributed by atoms with E-state index in [2.05, 4.69) is 12.2 Å². The Bertz CT molecular complexity index is 446. The first-order valence-corrected chi connectivity index (χ1v) is 6.98. The highest BCUT2D eigenvalue weighted by Crippen LogP contribution is 2.26. The van der Waals surface area contributed by atoms with E-state index < -0.39 is 5.41 Å². The van der Waals surface area contributed by atoms with Gasteiger partial charge in [0.25, 0.3) is 0 Å². The Morgan fingerprint density at radius 3 is 2.63 bits per heavy atom. The van der Waals surface area contributed by atoms with Gasteiger partial charge in [0.2, 0.25) is 0 Å². The van der Waals surface area contributed by atoms with Gasteiger partial charge in [-0.05, 0) is 44.6 Å². The van der Waals surface area contributed by atoms with Gasteiger partial charge in [0.05, 0.1) is 12.0 Å². The number of esters is 1. The van der Waals surface area contributed by atoms with Crippen molar-refractivity contribution in [2.45, 2.75) is 38.5 Å². The van der Waals surface area contributed by atoms with Gasteiger partial charge in [-0.25, -0.2) is 0 Å². The normalized spacial score (nSPS) is 19.2. The zero-order valence-electron chi connectivity index (χ0n) is 11.8. The lowest BCUT2D eigenvalue weighted by Gasteiger charge is -2.25. The van der Waals surface area contributed by atoms with Crippen molar-refractivity contribution in [2.24, 2.45) is 5.92 Å². The Balaban J connectivity index is 1.93. The van der Waals surface area contributed by atoms with E-state index in [0.717, 1.165) is 24.8 Å². The van der Waals surface area contributed by atoms with Crippen molar-refractivity contribution in [3.05, 3.63) is 48.0 Å². The fraction of sp³-hybridized carbons (Fsp3) is 0.471. The van der Waals surface area contributed by atoms with E-state index in [0.29, 0.717) is 12.5 Å².